The lowest BCUT2D eigenvalue weighted by atomic mass is 10.2. The van der Waals surface area contributed by atoms with Gasteiger partial charge in [0.1, 0.15) is 17.2 Å². The molecule has 4 nitrogen and oxygen atoms in total. The maximum absolute atomic E-state index is 13.6. The Bertz CT molecular complexity index is 942. The summed E-state index contributed by atoms with van der Waals surface area (Å²) in [6, 6.07) is 3.48. The highest BCUT2D eigenvalue weighted by Gasteiger charge is 2.41. The van der Waals surface area contributed by atoms with E-state index in [1.165, 1.54) is 0 Å². The van der Waals surface area contributed by atoms with E-state index in [2.05, 4.69) is 5.32 Å². The number of thioether (sulfide) groups is 1. The molecule has 0 aliphatic heterocycles. The Labute approximate surface area is 179 Å². The van der Waals surface area contributed by atoms with Crippen molar-refractivity contribution in [2.24, 2.45) is 0 Å². The van der Waals surface area contributed by atoms with Gasteiger partial charge in [0.05, 0.1) is 15.7 Å². The number of hydrogen-bond donors (Lipinski definition) is 2. The fourth-order valence-electron chi connectivity index (χ4n) is 1.93. The number of benzene rings is 2. The van der Waals surface area contributed by atoms with E-state index >= 15 is 0 Å². The van der Waals surface area contributed by atoms with Gasteiger partial charge in [-0.15, -0.1) is 0 Å². The zero-order valence-corrected chi connectivity index (χ0v) is 16.8. The van der Waals surface area contributed by atoms with Crippen molar-refractivity contribution < 1.29 is 31.5 Å². The molecular weight excluding hydrogens is 486 g/mol. The van der Waals surface area contributed by atoms with Gasteiger partial charge in [0.25, 0.3) is 5.91 Å². The molecule has 13 heteroatoms. The molecule has 0 saturated carbocycles. The Morgan fingerprint density at radius 1 is 1.03 bits per heavy atom. The number of imide groups is 1. The predicted molar refractivity (Wildman–Crippen MR) is 101 cm³/mol. The van der Waals surface area contributed by atoms with Crippen LogP contribution >= 0.6 is 46.6 Å². The lowest BCUT2D eigenvalue weighted by Crippen LogP contribution is -2.35. The number of carbonyl (C=O) groups excluding carboxylic acids is 2. The lowest BCUT2D eigenvalue weighted by molar-refractivity contribution is 0.0537. The number of hydrogen-bond acceptors (Lipinski definition) is 3. The van der Waals surface area contributed by atoms with Crippen LogP contribution < -0.4 is 10.6 Å². The van der Waals surface area contributed by atoms with Gasteiger partial charge in [-0.1, -0.05) is 40.9 Å². The molecule has 2 N–H and O–H groups in total. The van der Waals surface area contributed by atoms with Gasteiger partial charge in [-0.05, 0) is 36.0 Å². The number of alkyl halides is 4. The minimum atomic E-state index is -4.00. The number of halogens is 8. The molecule has 1 atom stereocenters. The van der Waals surface area contributed by atoms with E-state index in [0.29, 0.717) is 0 Å². The minimum absolute atomic E-state index is 0.216. The first kappa shape index (κ1) is 23.5. The third kappa shape index (κ3) is 5.65. The third-order valence-electron chi connectivity index (χ3n) is 3.21. The predicted octanol–water partition coefficient (Wildman–Crippen LogP) is 6.45. The molecule has 0 spiro atoms. The molecule has 0 aromatic heterocycles. The first-order valence-electron chi connectivity index (χ1n) is 7.33. The fraction of sp³-hybridized carbons (Fsp3) is 0.125. The van der Waals surface area contributed by atoms with Crippen LogP contribution in [-0.4, -0.2) is 22.8 Å². The Morgan fingerprint density at radius 3 is 2.17 bits per heavy atom. The SMILES string of the molecule is O=C(NC(=O)c1c(F)cccc1F)Nc1ccc(SC(F)(F)C(F)Cl)c(Cl)c1Cl. The first-order valence-corrected chi connectivity index (χ1v) is 9.34. The molecule has 2 aromatic rings. The van der Waals surface area contributed by atoms with Gasteiger partial charge in [0, 0.05) is 4.90 Å². The van der Waals surface area contributed by atoms with Crippen LogP contribution in [0.2, 0.25) is 10.0 Å². The lowest BCUT2D eigenvalue weighted by Gasteiger charge is -2.17. The quantitative estimate of drug-likeness (QED) is 0.286. The molecule has 0 aliphatic rings. The summed E-state index contributed by atoms with van der Waals surface area (Å²) in [5.74, 6) is -3.75. The molecular formula is C16H8Cl3F5N2O2S. The van der Waals surface area contributed by atoms with Crippen LogP contribution in [0.1, 0.15) is 10.4 Å². The van der Waals surface area contributed by atoms with E-state index < -0.39 is 50.1 Å². The van der Waals surface area contributed by atoms with Gasteiger partial charge in [-0.2, -0.15) is 8.78 Å². The Morgan fingerprint density at radius 2 is 1.62 bits per heavy atom. The van der Waals surface area contributed by atoms with E-state index in [4.69, 9.17) is 34.8 Å². The summed E-state index contributed by atoms with van der Waals surface area (Å²) in [5.41, 5.74) is -4.19. The average Bonchev–Trinajstić information content (AvgIpc) is 2.61. The van der Waals surface area contributed by atoms with Crippen LogP contribution in [0.3, 0.4) is 0 Å². The van der Waals surface area contributed by atoms with Crippen LogP contribution in [-0.2, 0) is 0 Å². The summed E-state index contributed by atoms with van der Waals surface area (Å²) >= 11 is 16.2. The van der Waals surface area contributed by atoms with Gasteiger partial charge < -0.3 is 5.32 Å². The number of carbonyl (C=O) groups is 2. The smallest absolute Gasteiger partial charge is 0.306 e. The average molecular weight is 494 g/mol. The Hall–Kier alpha value is -1.75. The van der Waals surface area contributed by atoms with Crippen molar-refractivity contribution >= 4 is 64.2 Å². The maximum atomic E-state index is 13.6. The second-order valence-corrected chi connectivity index (χ2v) is 7.54. The highest BCUT2D eigenvalue weighted by Crippen LogP contribution is 2.46. The molecule has 0 fully saturated rings. The number of nitrogens with one attached hydrogen (secondary N) is 2. The maximum Gasteiger partial charge on any atom is 0.342 e. The standard InChI is InChI=1S/C16H8Cl3F5N2O2S/c17-11-8(4-5-9(12(11)18)29-16(23,24)14(19)22)25-15(28)26-13(27)10-6(20)2-1-3-7(10)21/h1-5,14H,(H2,25,26,27,28). The molecule has 2 rings (SSSR count). The highest BCUT2D eigenvalue weighted by atomic mass is 35.5. The number of amides is 3. The van der Waals surface area contributed by atoms with Crippen molar-refractivity contribution in [1.29, 1.82) is 0 Å². The molecule has 0 heterocycles. The van der Waals surface area contributed by atoms with Crippen molar-refractivity contribution in [2.75, 3.05) is 5.32 Å². The van der Waals surface area contributed by atoms with Crippen molar-refractivity contribution in [2.45, 2.75) is 15.8 Å². The van der Waals surface area contributed by atoms with E-state index in [9.17, 15) is 31.5 Å². The fourth-order valence-corrected chi connectivity index (χ4v) is 3.32. The van der Waals surface area contributed by atoms with E-state index in [-0.39, 0.29) is 22.3 Å². The highest BCUT2D eigenvalue weighted by molar-refractivity contribution is 8.00. The minimum Gasteiger partial charge on any atom is -0.306 e. The van der Waals surface area contributed by atoms with E-state index in [0.717, 1.165) is 30.3 Å². The first-order chi connectivity index (χ1) is 13.4. The van der Waals surface area contributed by atoms with Crippen LogP contribution in [0.15, 0.2) is 35.2 Å². The molecule has 1 unspecified atom stereocenters. The molecule has 0 aliphatic carbocycles. The number of anilines is 1. The molecule has 3 amide bonds. The van der Waals surface area contributed by atoms with Crippen LogP contribution in [0, 0.1) is 11.6 Å². The van der Waals surface area contributed by atoms with Gasteiger partial charge in [-0.3, -0.25) is 10.1 Å². The zero-order valence-electron chi connectivity index (χ0n) is 13.7. The zero-order chi connectivity index (χ0) is 21.9. The van der Waals surface area contributed by atoms with Crippen LogP contribution in [0.4, 0.5) is 32.4 Å². The molecule has 29 heavy (non-hydrogen) atoms. The van der Waals surface area contributed by atoms with Gasteiger partial charge in [0.2, 0.25) is 5.63 Å². The topological polar surface area (TPSA) is 58.2 Å². The normalized spacial score (nSPS) is 12.4. The van der Waals surface area contributed by atoms with Crippen molar-refractivity contribution in [3.05, 3.63) is 57.6 Å². The summed E-state index contributed by atoms with van der Waals surface area (Å²) < 4.78 is 66.7. The molecule has 0 saturated heterocycles. The van der Waals surface area contributed by atoms with Crippen molar-refractivity contribution in [1.82, 2.24) is 5.32 Å². The van der Waals surface area contributed by atoms with Crippen molar-refractivity contribution in [3.8, 4) is 0 Å². The summed E-state index contributed by atoms with van der Waals surface area (Å²) in [6.07, 6.45) is 0. The van der Waals surface area contributed by atoms with Crippen LogP contribution in [0.5, 0.6) is 0 Å². The Kier molecular flexibility index (Phi) is 7.61. The molecule has 0 radical (unpaired) electrons. The number of rotatable bonds is 5. The second kappa shape index (κ2) is 9.38. The summed E-state index contributed by atoms with van der Waals surface area (Å²) in [5, 5.41) is -1.10. The second-order valence-electron chi connectivity index (χ2n) is 5.21. The van der Waals surface area contributed by atoms with Gasteiger partial charge in [-0.25, -0.2) is 18.0 Å². The van der Waals surface area contributed by atoms with Gasteiger partial charge in [0.15, 0.2) is 0 Å². The third-order valence-corrected chi connectivity index (χ3v) is 5.65. The van der Waals surface area contributed by atoms with E-state index in [1.807, 2.05) is 0 Å². The van der Waals surface area contributed by atoms with Gasteiger partial charge >= 0.3 is 11.3 Å². The van der Waals surface area contributed by atoms with Crippen molar-refractivity contribution in [3.63, 3.8) is 0 Å². The molecule has 156 valence electrons. The molecule has 0 bridgehead atoms. The van der Waals surface area contributed by atoms with E-state index in [1.54, 1.807) is 5.32 Å². The largest absolute Gasteiger partial charge is 0.342 e. The number of urea groups is 1. The summed E-state index contributed by atoms with van der Waals surface area (Å²) in [7, 11) is 0. The Balaban J connectivity index is 2.15. The monoisotopic (exact) mass is 492 g/mol. The molecule has 2 aromatic carbocycles. The van der Waals surface area contributed by atoms with Crippen LogP contribution in [0.25, 0.3) is 0 Å². The summed E-state index contributed by atoms with van der Waals surface area (Å²) in [4.78, 5) is 23.4. The summed E-state index contributed by atoms with van der Waals surface area (Å²) in [6.45, 7) is 0.